The van der Waals surface area contributed by atoms with Gasteiger partial charge >= 0.3 is 5.97 Å². The van der Waals surface area contributed by atoms with Crippen LogP contribution < -0.4 is 9.47 Å². The highest BCUT2D eigenvalue weighted by Gasteiger charge is 2.14. The summed E-state index contributed by atoms with van der Waals surface area (Å²) in [4.78, 5) is 11.2. The van der Waals surface area contributed by atoms with Gasteiger partial charge in [-0.15, -0.1) is 0 Å². The Morgan fingerprint density at radius 3 is 2.47 bits per heavy atom. The van der Waals surface area contributed by atoms with Gasteiger partial charge in [0.05, 0.1) is 7.11 Å². The molecule has 2 rings (SSSR count). The van der Waals surface area contributed by atoms with E-state index in [4.69, 9.17) is 14.6 Å². The van der Waals surface area contributed by atoms with Crippen molar-refractivity contribution in [3.05, 3.63) is 53.6 Å². The molecule has 0 heterocycles. The first kappa shape index (κ1) is 13.0. The molecule has 0 radical (unpaired) electrons. The summed E-state index contributed by atoms with van der Waals surface area (Å²) in [7, 11) is 1.52. The average Bonchev–Trinajstić information content (AvgIpc) is 2.41. The first-order valence-corrected chi connectivity index (χ1v) is 5.76. The molecule has 0 amide bonds. The van der Waals surface area contributed by atoms with Crippen LogP contribution in [0.3, 0.4) is 0 Å². The minimum atomic E-state index is -1.04. The van der Waals surface area contributed by atoms with Gasteiger partial charge in [0.15, 0.2) is 0 Å². The van der Waals surface area contributed by atoms with E-state index in [1.165, 1.54) is 13.2 Å². The molecule has 0 unspecified atom stereocenters. The zero-order chi connectivity index (χ0) is 13.8. The lowest BCUT2D eigenvalue weighted by Crippen LogP contribution is -2.01. The van der Waals surface area contributed by atoms with Gasteiger partial charge < -0.3 is 14.6 Å². The third-order valence-corrected chi connectivity index (χ3v) is 2.73. The minimum absolute atomic E-state index is 0.101. The van der Waals surface area contributed by atoms with Crippen molar-refractivity contribution in [2.75, 3.05) is 7.11 Å². The number of hydrogen-bond donors (Lipinski definition) is 1. The summed E-state index contributed by atoms with van der Waals surface area (Å²) in [6, 6.07) is 12.0. The fraction of sp³-hybridized carbons (Fsp3) is 0.133. The molecule has 19 heavy (non-hydrogen) atoms. The highest BCUT2D eigenvalue weighted by Crippen LogP contribution is 2.31. The highest BCUT2D eigenvalue weighted by atomic mass is 16.5. The first-order chi connectivity index (χ1) is 9.11. The standard InChI is InChI=1S/C15H14O4/c1-10-5-3-4-6-13(10)19-14-9-11(18-2)7-8-12(14)15(16)17/h3-9H,1-2H3,(H,16,17). The number of carboxylic acids is 1. The number of aryl methyl sites for hydroxylation is 1. The summed E-state index contributed by atoms with van der Waals surface area (Å²) in [5.41, 5.74) is 1.03. The van der Waals surface area contributed by atoms with Gasteiger partial charge in [0, 0.05) is 6.07 Å². The summed E-state index contributed by atoms with van der Waals surface area (Å²) in [5, 5.41) is 9.16. The van der Waals surface area contributed by atoms with Crippen molar-refractivity contribution in [3.63, 3.8) is 0 Å². The Kier molecular flexibility index (Phi) is 3.71. The van der Waals surface area contributed by atoms with Gasteiger partial charge in [-0.25, -0.2) is 4.79 Å². The molecule has 0 aliphatic carbocycles. The van der Waals surface area contributed by atoms with Gasteiger partial charge in [-0.2, -0.15) is 0 Å². The molecule has 1 N–H and O–H groups in total. The van der Waals surface area contributed by atoms with Crippen LogP contribution >= 0.6 is 0 Å². The Labute approximate surface area is 111 Å². The van der Waals surface area contributed by atoms with E-state index in [1.807, 2.05) is 25.1 Å². The summed E-state index contributed by atoms with van der Waals surface area (Å²) >= 11 is 0. The molecule has 0 fully saturated rings. The van der Waals surface area contributed by atoms with Crippen LogP contribution in [0.4, 0.5) is 0 Å². The van der Waals surface area contributed by atoms with E-state index >= 15 is 0 Å². The van der Waals surface area contributed by atoms with Gasteiger partial charge in [-0.1, -0.05) is 18.2 Å². The lowest BCUT2D eigenvalue weighted by molar-refractivity contribution is 0.0694. The quantitative estimate of drug-likeness (QED) is 0.912. The lowest BCUT2D eigenvalue weighted by atomic mass is 10.2. The van der Waals surface area contributed by atoms with Gasteiger partial charge in [0.25, 0.3) is 0 Å². The van der Waals surface area contributed by atoms with Crippen molar-refractivity contribution in [1.29, 1.82) is 0 Å². The Balaban J connectivity index is 2.43. The molecular weight excluding hydrogens is 244 g/mol. The molecule has 4 nitrogen and oxygen atoms in total. The molecule has 0 aliphatic rings. The molecule has 4 heteroatoms. The maximum absolute atomic E-state index is 11.2. The Morgan fingerprint density at radius 2 is 1.84 bits per heavy atom. The van der Waals surface area contributed by atoms with Gasteiger partial charge in [0.2, 0.25) is 0 Å². The average molecular weight is 258 g/mol. The first-order valence-electron chi connectivity index (χ1n) is 5.76. The predicted molar refractivity (Wildman–Crippen MR) is 71.2 cm³/mol. The molecule has 0 saturated carbocycles. The van der Waals surface area contributed by atoms with Crippen molar-refractivity contribution in [1.82, 2.24) is 0 Å². The van der Waals surface area contributed by atoms with Crippen LogP contribution in [0, 0.1) is 6.92 Å². The maximum atomic E-state index is 11.2. The number of carboxylic acid groups (broad SMARTS) is 1. The number of methoxy groups -OCH3 is 1. The zero-order valence-corrected chi connectivity index (χ0v) is 10.7. The maximum Gasteiger partial charge on any atom is 0.339 e. The Bertz CT molecular complexity index is 605. The van der Waals surface area contributed by atoms with E-state index < -0.39 is 5.97 Å². The van der Waals surface area contributed by atoms with Crippen LogP contribution in [0.2, 0.25) is 0 Å². The van der Waals surface area contributed by atoms with Crippen molar-refractivity contribution in [2.24, 2.45) is 0 Å². The third-order valence-electron chi connectivity index (χ3n) is 2.73. The number of para-hydroxylation sites is 1. The van der Waals surface area contributed by atoms with E-state index in [1.54, 1.807) is 18.2 Å². The number of rotatable bonds is 4. The lowest BCUT2D eigenvalue weighted by Gasteiger charge is -2.12. The van der Waals surface area contributed by atoms with Crippen molar-refractivity contribution in [2.45, 2.75) is 6.92 Å². The van der Waals surface area contributed by atoms with Crippen LogP contribution in [0.15, 0.2) is 42.5 Å². The van der Waals surface area contributed by atoms with Gasteiger partial charge in [-0.3, -0.25) is 0 Å². The number of carbonyl (C=O) groups is 1. The van der Waals surface area contributed by atoms with E-state index in [0.29, 0.717) is 11.5 Å². The fourth-order valence-corrected chi connectivity index (χ4v) is 1.68. The molecule has 2 aromatic rings. The van der Waals surface area contributed by atoms with E-state index in [9.17, 15) is 4.79 Å². The second-order valence-corrected chi connectivity index (χ2v) is 4.03. The Hall–Kier alpha value is -2.49. The topological polar surface area (TPSA) is 55.8 Å². The second kappa shape index (κ2) is 5.44. The van der Waals surface area contributed by atoms with E-state index in [2.05, 4.69) is 0 Å². The molecule has 98 valence electrons. The number of aromatic carboxylic acids is 1. The van der Waals surface area contributed by atoms with Crippen molar-refractivity contribution in [3.8, 4) is 17.2 Å². The SMILES string of the molecule is COc1ccc(C(=O)O)c(Oc2ccccc2C)c1. The molecule has 0 bridgehead atoms. The molecule has 0 saturated heterocycles. The van der Waals surface area contributed by atoms with Crippen molar-refractivity contribution < 1.29 is 19.4 Å². The van der Waals surface area contributed by atoms with E-state index in [-0.39, 0.29) is 11.3 Å². The third kappa shape index (κ3) is 2.85. The molecular formula is C15H14O4. The second-order valence-electron chi connectivity index (χ2n) is 4.03. The molecule has 0 spiro atoms. The van der Waals surface area contributed by atoms with Crippen LogP contribution in [0.1, 0.15) is 15.9 Å². The summed E-state index contributed by atoms with van der Waals surface area (Å²) in [5.74, 6) is 0.402. The van der Waals surface area contributed by atoms with Gasteiger partial charge in [-0.05, 0) is 30.7 Å². The smallest absolute Gasteiger partial charge is 0.339 e. The fourth-order valence-electron chi connectivity index (χ4n) is 1.68. The van der Waals surface area contributed by atoms with Crippen LogP contribution in [0.25, 0.3) is 0 Å². The minimum Gasteiger partial charge on any atom is -0.497 e. The monoisotopic (exact) mass is 258 g/mol. The predicted octanol–water partition coefficient (Wildman–Crippen LogP) is 3.49. The number of hydrogen-bond acceptors (Lipinski definition) is 3. The number of ether oxygens (including phenoxy) is 2. The molecule has 0 aromatic heterocycles. The number of benzene rings is 2. The largest absolute Gasteiger partial charge is 0.497 e. The summed E-state index contributed by atoms with van der Waals surface area (Å²) in [6.45, 7) is 1.90. The normalized spacial score (nSPS) is 10.0. The molecule has 0 aliphatic heterocycles. The van der Waals surface area contributed by atoms with Crippen LogP contribution in [-0.2, 0) is 0 Å². The molecule has 2 aromatic carbocycles. The highest BCUT2D eigenvalue weighted by molar-refractivity contribution is 5.91. The van der Waals surface area contributed by atoms with Crippen molar-refractivity contribution >= 4 is 5.97 Å². The summed E-state index contributed by atoms with van der Waals surface area (Å²) < 4.78 is 10.8. The van der Waals surface area contributed by atoms with Crippen LogP contribution in [-0.4, -0.2) is 18.2 Å². The van der Waals surface area contributed by atoms with Gasteiger partial charge in [0.1, 0.15) is 22.8 Å². The molecule has 0 atom stereocenters. The summed E-state index contributed by atoms with van der Waals surface area (Å²) in [6.07, 6.45) is 0. The Morgan fingerprint density at radius 1 is 1.11 bits per heavy atom. The van der Waals surface area contributed by atoms with E-state index in [0.717, 1.165) is 5.56 Å². The zero-order valence-electron chi connectivity index (χ0n) is 10.7. The van der Waals surface area contributed by atoms with Crippen LogP contribution in [0.5, 0.6) is 17.2 Å².